The molecule has 0 aliphatic heterocycles. The molecular formula is C24H29N3O2S. The molecule has 158 valence electrons. The molecule has 3 rings (SSSR count). The minimum Gasteiger partial charge on any atom is -0.487 e. The Bertz CT molecular complexity index is 966. The first-order chi connectivity index (χ1) is 14.6. The van der Waals surface area contributed by atoms with Crippen molar-refractivity contribution in [1.29, 1.82) is 0 Å². The maximum atomic E-state index is 12.7. The second kappa shape index (κ2) is 10.9. The molecule has 0 unspecified atom stereocenters. The van der Waals surface area contributed by atoms with Crippen molar-refractivity contribution in [2.24, 2.45) is 0 Å². The van der Waals surface area contributed by atoms with Crippen LogP contribution in [0.25, 0.3) is 0 Å². The number of rotatable bonds is 10. The van der Waals surface area contributed by atoms with Crippen molar-refractivity contribution >= 4 is 17.2 Å². The zero-order valence-electron chi connectivity index (χ0n) is 17.9. The zero-order valence-corrected chi connectivity index (χ0v) is 18.7. The summed E-state index contributed by atoms with van der Waals surface area (Å²) in [5.41, 5.74) is 3.88. The first-order valence-corrected chi connectivity index (χ1v) is 11.2. The zero-order chi connectivity index (χ0) is 21.3. The number of aromatic nitrogens is 1. The largest absolute Gasteiger partial charge is 0.487 e. The normalized spacial score (nSPS) is 10.9. The van der Waals surface area contributed by atoms with E-state index >= 15 is 0 Å². The maximum absolute atomic E-state index is 12.7. The van der Waals surface area contributed by atoms with Crippen molar-refractivity contribution in [3.8, 4) is 5.75 Å². The van der Waals surface area contributed by atoms with Gasteiger partial charge in [-0.05, 0) is 49.3 Å². The second-order valence-electron chi connectivity index (χ2n) is 7.09. The van der Waals surface area contributed by atoms with Gasteiger partial charge in [0.1, 0.15) is 12.4 Å². The smallest absolute Gasteiger partial charge is 0.251 e. The number of hydrogen-bond donors (Lipinski definition) is 1. The lowest BCUT2D eigenvalue weighted by Crippen LogP contribution is -2.26. The molecule has 2 aromatic carbocycles. The Balaban J connectivity index is 1.60. The van der Waals surface area contributed by atoms with Gasteiger partial charge < -0.3 is 10.1 Å². The van der Waals surface area contributed by atoms with E-state index in [0.29, 0.717) is 24.5 Å². The van der Waals surface area contributed by atoms with E-state index in [1.807, 2.05) is 30.5 Å². The van der Waals surface area contributed by atoms with Crippen LogP contribution in [0, 0.1) is 6.92 Å². The first-order valence-electron chi connectivity index (χ1n) is 10.3. The number of thiazole rings is 1. The minimum atomic E-state index is -0.109. The van der Waals surface area contributed by atoms with E-state index in [0.717, 1.165) is 35.9 Å². The van der Waals surface area contributed by atoms with E-state index in [1.54, 1.807) is 23.5 Å². The lowest BCUT2D eigenvalue weighted by Gasteiger charge is -2.20. The van der Waals surface area contributed by atoms with Crippen molar-refractivity contribution < 1.29 is 9.53 Å². The van der Waals surface area contributed by atoms with E-state index in [4.69, 9.17) is 4.74 Å². The van der Waals surface area contributed by atoms with E-state index in [1.165, 1.54) is 5.56 Å². The van der Waals surface area contributed by atoms with Crippen LogP contribution >= 0.6 is 11.3 Å². The van der Waals surface area contributed by atoms with Gasteiger partial charge in [0.15, 0.2) is 0 Å². The van der Waals surface area contributed by atoms with E-state index in [-0.39, 0.29) is 5.91 Å². The molecule has 1 N–H and O–H groups in total. The van der Waals surface area contributed by atoms with E-state index in [2.05, 4.69) is 47.2 Å². The summed E-state index contributed by atoms with van der Waals surface area (Å²) in [4.78, 5) is 19.5. The molecule has 0 atom stereocenters. The molecule has 1 amide bonds. The van der Waals surface area contributed by atoms with Crippen LogP contribution in [0.4, 0.5) is 0 Å². The molecule has 0 saturated heterocycles. The number of carbonyl (C=O) groups excluding carboxylic acids is 1. The Labute approximate surface area is 182 Å². The quantitative estimate of drug-likeness (QED) is 0.509. The lowest BCUT2D eigenvalue weighted by atomic mass is 10.1. The Morgan fingerprint density at radius 1 is 1.10 bits per heavy atom. The Hall–Kier alpha value is -2.70. The van der Waals surface area contributed by atoms with Gasteiger partial charge in [0.05, 0.1) is 10.7 Å². The number of carbonyl (C=O) groups is 1. The van der Waals surface area contributed by atoms with Gasteiger partial charge in [-0.1, -0.05) is 44.2 Å². The van der Waals surface area contributed by atoms with Crippen molar-refractivity contribution in [3.05, 3.63) is 81.3 Å². The van der Waals surface area contributed by atoms with Crippen molar-refractivity contribution in [1.82, 2.24) is 15.2 Å². The highest BCUT2D eigenvalue weighted by Crippen LogP contribution is 2.17. The molecule has 3 aromatic rings. The van der Waals surface area contributed by atoms with Gasteiger partial charge in [-0.2, -0.15) is 0 Å². The molecule has 0 fully saturated rings. The third-order valence-corrected chi connectivity index (χ3v) is 5.82. The summed E-state index contributed by atoms with van der Waals surface area (Å²) < 4.78 is 5.81. The number of ether oxygens (including phenoxy) is 1. The van der Waals surface area contributed by atoms with Crippen LogP contribution in [-0.4, -0.2) is 28.9 Å². The van der Waals surface area contributed by atoms with Crippen molar-refractivity contribution in [2.75, 3.05) is 13.1 Å². The number of nitrogens with zero attached hydrogens (tertiary/aromatic N) is 2. The molecule has 0 radical (unpaired) electrons. The number of amides is 1. The highest BCUT2D eigenvalue weighted by molar-refractivity contribution is 7.09. The third kappa shape index (κ3) is 6.15. The Morgan fingerprint density at radius 3 is 2.57 bits per heavy atom. The number of benzene rings is 2. The molecule has 6 heteroatoms. The van der Waals surface area contributed by atoms with E-state index in [9.17, 15) is 4.79 Å². The van der Waals surface area contributed by atoms with Gasteiger partial charge in [0.2, 0.25) is 0 Å². The van der Waals surface area contributed by atoms with E-state index < -0.39 is 0 Å². The highest BCUT2D eigenvalue weighted by Gasteiger charge is 2.10. The highest BCUT2D eigenvalue weighted by atomic mass is 32.1. The maximum Gasteiger partial charge on any atom is 0.251 e. The van der Waals surface area contributed by atoms with Crippen LogP contribution in [0.2, 0.25) is 0 Å². The topological polar surface area (TPSA) is 54.5 Å². The third-order valence-electron chi connectivity index (χ3n) is 5.00. The van der Waals surface area contributed by atoms with Gasteiger partial charge in [0.25, 0.3) is 5.91 Å². The first kappa shape index (κ1) is 22.0. The molecule has 1 aromatic heterocycles. The van der Waals surface area contributed by atoms with Crippen molar-refractivity contribution in [3.63, 3.8) is 0 Å². The molecule has 0 spiro atoms. The van der Waals surface area contributed by atoms with Crippen LogP contribution < -0.4 is 10.1 Å². The predicted octanol–water partition coefficient (Wildman–Crippen LogP) is 4.80. The summed E-state index contributed by atoms with van der Waals surface area (Å²) >= 11 is 1.60. The summed E-state index contributed by atoms with van der Waals surface area (Å²) in [6.07, 6.45) is 0. The number of aryl methyl sites for hydroxylation is 1. The molecule has 30 heavy (non-hydrogen) atoms. The standard InChI is InChI=1S/C24H29N3O2S/c1-4-27(5-2)15-21-10-7-6-9-20(21)14-25-24(28)19-11-8-12-23(13-19)29-16-22-17-30-18(3)26-22/h6-13,17H,4-5,14-16H2,1-3H3,(H,25,28). The van der Waals surface area contributed by atoms with Gasteiger partial charge in [-0.3, -0.25) is 9.69 Å². The van der Waals surface area contributed by atoms with Crippen LogP contribution in [0.3, 0.4) is 0 Å². The molecular weight excluding hydrogens is 394 g/mol. The SMILES string of the molecule is CCN(CC)Cc1ccccc1CNC(=O)c1cccc(OCc2csc(C)n2)c1. The molecule has 0 aliphatic carbocycles. The van der Waals surface area contributed by atoms with Crippen LogP contribution in [-0.2, 0) is 19.7 Å². The summed E-state index contributed by atoms with van der Waals surface area (Å²) in [6, 6.07) is 15.5. The average molecular weight is 424 g/mol. The average Bonchev–Trinajstić information content (AvgIpc) is 3.20. The molecule has 0 aliphatic rings. The van der Waals surface area contributed by atoms with Gasteiger partial charge in [-0.15, -0.1) is 11.3 Å². The number of nitrogens with one attached hydrogen (secondary N) is 1. The summed E-state index contributed by atoms with van der Waals surface area (Å²) in [6.45, 7) is 10.1. The second-order valence-corrected chi connectivity index (χ2v) is 8.15. The Morgan fingerprint density at radius 2 is 1.87 bits per heavy atom. The fourth-order valence-corrected chi connectivity index (χ4v) is 3.81. The minimum absolute atomic E-state index is 0.109. The summed E-state index contributed by atoms with van der Waals surface area (Å²) in [5.74, 6) is 0.554. The van der Waals surface area contributed by atoms with Crippen LogP contribution in [0.1, 0.15) is 46.0 Å². The monoisotopic (exact) mass is 423 g/mol. The fourth-order valence-electron chi connectivity index (χ4n) is 3.21. The Kier molecular flexibility index (Phi) is 7.99. The molecule has 5 nitrogen and oxygen atoms in total. The molecule has 0 saturated carbocycles. The predicted molar refractivity (Wildman–Crippen MR) is 122 cm³/mol. The molecule has 0 bridgehead atoms. The van der Waals surface area contributed by atoms with Gasteiger partial charge in [0, 0.05) is 24.0 Å². The summed E-state index contributed by atoms with van der Waals surface area (Å²) in [7, 11) is 0. The number of hydrogen-bond acceptors (Lipinski definition) is 5. The summed E-state index contributed by atoms with van der Waals surface area (Å²) in [5, 5.41) is 6.05. The van der Waals surface area contributed by atoms with Crippen LogP contribution in [0.5, 0.6) is 5.75 Å². The fraction of sp³-hybridized carbons (Fsp3) is 0.333. The van der Waals surface area contributed by atoms with Gasteiger partial charge in [-0.25, -0.2) is 4.98 Å². The van der Waals surface area contributed by atoms with Gasteiger partial charge >= 0.3 is 0 Å². The van der Waals surface area contributed by atoms with Crippen molar-refractivity contribution in [2.45, 2.75) is 40.5 Å². The van der Waals surface area contributed by atoms with Crippen LogP contribution in [0.15, 0.2) is 53.9 Å². The molecule has 1 heterocycles. The lowest BCUT2D eigenvalue weighted by molar-refractivity contribution is 0.0950.